The molecule has 3 aromatic rings. The summed E-state index contributed by atoms with van der Waals surface area (Å²) in [6.07, 6.45) is 1.79. The molecule has 2 aromatic heterocycles. The third-order valence-electron chi connectivity index (χ3n) is 3.16. The standard InChI is InChI=1S/C17H15ClN4OS/c1-11-3-2-4-13(7-11)20-16(23)8-14-10-24-17(21-14)22-15-6-5-12(18)9-19-15/h2-7,9-10H,8H2,1H3,(H,20,23)(H,19,21,22). The van der Waals surface area contributed by atoms with Crippen LogP contribution < -0.4 is 10.6 Å². The van der Waals surface area contributed by atoms with Crippen LogP contribution in [0.15, 0.2) is 48.0 Å². The first-order chi connectivity index (χ1) is 11.6. The van der Waals surface area contributed by atoms with Gasteiger partial charge < -0.3 is 10.6 Å². The van der Waals surface area contributed by atoms with Crippen LogP contribution in [-0.2, 0) is 11.2 Å². The van der Waals surface area contributed by atoms with Crippen molar-refractivity contribution >= 4 is 45.5 Å². The van der Waals surface area contributed by atoms with Crippen LogP contribution in [-0.4, -0.2) is 15.9 Å². The van der Waals surface area contributed by atoms with Crippen molar-refractivity contribution in [3.8, 4) is 0 Å². The highest BCUT2D eigenvalue weighted by Gasteiger charge is 2.09. The van der Waals surface area contributed by atoms with Crippen LogP contribution in [0.5, 0.6) is 0 Å². The minimum absolute atomic E-state index is 0.0953. The van der Waals surface area contributed by atoms with E-state index in [0.29, 0.717) is 21.7 Å². The summed E-state index contributed by atoms with van der Waals surface area (Å²) in [5.41, 5.74) is 2.60. The van der Waals surface area contributed by atoms with Crippen molar-refractivity contribution in [3.63, 3.8) is 0 Å². The number of pyridine rings is 1. The van der Waals surface area contributed by atoms with Gasteiger partial charge in [0.05, 0.1) is 17.1 Å². The van der Waals surface area contributed by atoms with Gasteiger partial charge in [0.1, 0.15) is 5.82 Å². The molecule has 0 saturated heterocycles. The third-order valence-corrected chi connectivity index (χ3v) is 4.19. The lowest BCUT2D eigenvalue weighted by Crippen LogP contribution is -2.14. The number of halogens is 1. The van der Waals surface area contributed by atoms with Gasteiger partial charge in [-0.1, -0.05) is 23.7 Å². The maximum atomic E-state index is 12.1. The molecule has 1 amide bonds. The fourth-order valence-electron chi connectivity index (χ4n) is 2.10. The van der Waals surface area contributed by atoms with Crippen LogP contribution in [0.2, 0.25) is 5.02 Å². The molecule has 0 spiro atoms. The molecule has 2 N–H and O–H groups in total. The number of carbonyl (C=O) groups excluding carboxylic acids is 1. The second-order valence-electron chi connectivity index (χ2n) is 5.23. The Morgan fingerprint density at radius 3 is 2.92 bits per heavy atom. The number of nitrogens with one attached hydrogen (secondary N) is 2. The molecule has 0 fully saturated rings. The van der Waals surface area contributed by atoms with E-state index in [4.69, 9.17) is 11.6 Å². The molecular weight excluding hydrogens is 344 g/mol. The summed E-state index contributed by atoms with van der Waals surface area (Å²) in [4.78, 5) is 20.7. The number of carbonyl (C=O) groups is 1. The van der Waals surface area contributed by atoms with Gasteiger partial charge in [0.15, 0.2) is 5.13 Å². The van der Waals surface area contributed by atoms with Gasteiger partial charge >= 0.3 is 0 Å². The molecule has 0 aliphatic rings. The molecule has 1 aromatic carbocycles. The van der Waals surface area contributed by atoms with E-state index in [1.165, 1.54) is 11.3 Å². The second-order valence-corrected chi connectivity index (χ2v) is 6.52. The highest BCUT2D eigenvalue weighted by atomic mass is 35.5. The van der Waals surface area contributed by atoms with Gasteiger partial charge in [-0.2, -0.15) is 0 Å². The molecule has 0 unspecified atom stereocenters. The second kappa shape index (κ2) is 7.42. The lowest BCUT2D eigenvalue weighted by molar-refractivity contribution is -0.115. The minimum Gasteiger partial charge on any atom is -0.326 e. The Labute approximate surface area is 148 Å². The number of hydrogen-bond acceptors (Lipinski definition) is 5. The summed E-state index contributed by atoms with van der Waals surface area (Å²) in [6.45, 7) is 1.98. The highest BCUT2D eigenvalue weighted by Crippen LogP contribution is 2.21. The van der Waals surface area contributed by atoms with E-state index in [-0.39, 0.29) is 12.3 Å². The van der Waals surface area contributed by atoms with Crippen molar-refractivity contribution in [2.45, 2.75) is 13.3 Å². The van der Waals surface area contributed by atoms with Crippen molar-refractivity contribution in [2.75, 3.05) is 10.6 Å². The molecule has 0 radical (unpaired) electrons. The van der Waals surface area contributed by atoms with Crippen LogP contribution >= 0.6 is 22.9 Å². The van der Waals surface area contributed by atoms with Gasteiger partial charge in [-0.3, -0.25) is 4.79 Å². The summed E-state index contributed by atoms with van der Waals surface area (Å²) >= 11 is 7.23. The topological polar surface area (TPSA) is 66.9 Å². The van der Waals surface area contributed by atoms with Crippen molar-refractivity contribution in [1.82, 2.24) is 9.97 Å². The van der Waals surface area contributed by atoms with E-state index in [9.17, 15) is 4.79 Å². The first-order valence-corrected chi connectivity index (χ1v) is 8.54. The SMILES string of the molecule is Cc1cccc(NC(=O)Cc2csc(Nc3ccc(Cl)cn3)n2)c1. The average Bonchev–Trinajstić information content (AvgIpc) is 2.96. The van der Waals surface area contributed by atoms with Crippen LogP contribution in [0, 0.1) is 6.92 Å². The van der Waals surface area contributed by atoms with Gasteiger partial charge in [0.2, 0.25) is 5.91 Å². The summed E-state index contributed by atoms with van der Waals surface area (Å²) in [5, 5.41) is 9.08. The number of aryl methyl sites for hydroxylation is 1. The molecule has 7 heteroatoms. The maximum Gasteiger partial charge on any atom is 0.230 e. The molecule has 0 aliphatic heterocycles. The first-order valence-electron chi connectivity index (χ1n) is 7.28. The number of benzene rings is 1. The zero-order valence-corrected chi connectivity index (χ0v) is 14.5. The third kappa shape index (κ3) is 4.53. The Kier molecular flexibility index (Phi) is 5.08. The fourth-order valence-corrected chi connectivity index (χ4v) is 2.93. The smallest absolute Gasteiger partial charge is 0.230 e. The summed E-state index contributed by atoms with van der Waals surface area (Å²) < 4.78 is 0. The Bertz CT molecular complexity index is 848. The summed E-state index contributed by atoms with van der Waals surface area (Å²) in [6, 6.07) is 11.2. The number of rotatable bonds is 5. The Hall–Kier alpha value is -2.44. The lowest BCUT2D eigenvalue weighted by atomic mass is 10.2. The molecule has 3 rings (SSSR count). The first kappa shape index (κ1) is 16.4. The molecule has 0 saturated carbocycles. The van der Waals surface area contributed by atoms with Crippen molar-refractivity contribution < 1.29 is 4.79 Å². The normalized spacial score (nSPS) is 10.4. The summed E-state index contributed by atoms with van der Waals surface area (Å²) in [7, 11) is 0. The van der Waals surface area contributed by atoms with Crippen molar-refractivity contribution in [1.29, 1.82) is 0 Å². The van der Waals surface area contributed by atoms with Crippen LogP contribution in [0.4, 0.5) is 16.6 Å². The largest absolute Gasteiger partial charge is 0.326 e. The molecule has 122 valence electrons. The molecule has 24 heavy (non-hydrogen) atoms. The fraction of sp³-hybridized carbons (Fsp3) is 0.118. The van der Waals surface area contributed by atoms with Gasteiger partial charge in [0, 0.05) is 17.3 Å². The van der Waals surface area contributed by atoms with Gasteiger partial charge in [-0.25, -0.2) is 9.97 Å². The lowest BCUT2D eigenvalue weighted by Gasteiger charge is -2.04. The molecule has 0 aliphatic carbocycles. The number of amides is 1. The quantitative estimate of drug-likeness (QED) is 0.708. The number of hydrogen-bond donors (Lipinski definition) is 2. The molecule has 0 bridgehead atoms. The Morgan fingerprint density at radius 1 is 1.29 bits per heavy atom. The van der Waals surface area contributed by atoms with Crippen LogP contribution in [0.3, 0.4) is 0 Å². The van der Waals surface area contributed by atoms with Crippen molar-refractivity contribution in [2.24, 2.45) is 0 Å². The van der Waals surface area contributed by atoms with Crippen molar-refractivity contribution in [3.05, 3.63) is 64.3 Å². The van der Waals surface area contributed by atoms with E-state index in [0.717, 1.165) is 11.3 Å². The zero-order valence-electron chi connectivity index (χ0n) is 12.9. The number of aromatic nitrogens is 2. The Morgan fingerprint density at radius 2 is 2.17 bits per heavy atom. The van der Waals surface area contributed by atoms with Gasteiger partial charge in [-0.05, 0) is 36.8 Å². The number of thiazole rings is 1. The Balaban J connectivity index is 1.59. The van der Waals surface area contributed by atoms with E-state index in [1.807, 2.05) is 36.6 Å². The predicted molar refractivity (Wildman–Crippen MR) is 98.2 cm³/mol. The average molecular weight is 359 g/mol. The van der Waals surface area contributed by atoms with Gasteiger partial charge in [0.25, 0.3) is 0 Å². The number of anilines is 3. The highest BCUT2D eigenvalue weighted by molar-refractivity contribution is 7.13. The van der Waals surface area contributed by atoms with E-state index in [2.05, 4.69) is 20.6 Å². The minimum atomic E-state index is -0.0953. The van der Waals surface area contributed by atoms with Gasteiger partial charge in [-0.15, -0.1) is 11.3 Å². The predicted octanol–water partition coefficient (Wildman–Crippen LogP) is 4.42. The van der Waals surface area contributed by atoms with Crippen LogP contribution in [0.25, 0.3) is 0 Å². The molecular formula is C17H15ClN4OS. The molecule has 0 atom stereocenters. The number of nitrogens with zero attached hydrogens (tertiary/aromatic N) is 2. The van der Waals surface area contributed by atoms with Crippen LogP contribution in [0.1, 0.15) is 11.3 Å². The molecule has 5 nitrogen and oxygen atoms in total. The zero-order chi connectivity index (χ0) is 16.9. The van der Waals surface area contributed by atoms with E-state index >= 15 is 0 Å². The monoisotopic (exact) mass is 358 g/mol. The maximum absolute atomic E-state index is 12.1. The molecule has 2 heterocycles. The summed E-state index contributed by atoms with van der Waals surface area (Å²) in [5.74, 6) is 0.562. The van der Waals surface area contributed by atoms with E-state index < -0.39 is 0 Å². The van der Waals surface area contributed by atoms with E-state index in [1.54, 1.807) is 18.3 Å².